The molecule has 52 valence electrons. The van der Waals surface area contributed by atoms with E-state index < -0.39 is 0 Å². The molecule has 9 heavy (non-hydrogen) atoms. The minimum atomic E-state index is 0.991. The number of hydrogen-bond donors (Lipinski definition) is 2. The second-order valence-electron chi connectivity index (χ2n) is 3.38. The lowest BCUT2D eigenvalue weighted by atomic mass is 10.2. The molecule has 2 aliphatic rings. The van der Waals surface area contributed by atoms with E-state index in [2.05, 4.69) is 12.2 Å². The van der Waals surface area contributed by atoms with Crippen LogP contribution in [-0.4, -0.2) is 31.7 Å². The Bertz CT molecular complexity index is 113. The molecule has 1 unspecified atom stereocenters. The van der Waals surface area contributed by atoms with Crippen LogP contribution in [0.4, 0.5) is 0 Å². The number of nitrogens with two attached hydrogens (primary N) is 1. The largest absolute Gasteiger partial charge is 0.334 e. The van der Waals surface area contributed by atoms with E-state index in [0.29, 0.717) is 0 Å². The summed E-state index contributed by atoms with van der Waals surface area (Å²) >= 11 is 0. The number of fused-ring (bicyclic) bond motifs is 2. The summed E-state index contributed by atoms with van der Waals surface area (Å²) in [6.45, 7) is 6.47. The van der Waals surface area contributed by atoms with Gasteiger partial charge in [0.25, 0.3) is 0 Å². The van der Waals surface area contributed by atoms with Crippen LogP contribution in [0, 0.1) is 0 Å². The lowest BCUT2D eigenvalue weighted by Crippen LogP contribution is -3.20. The van der Waals surface area contributed by atoms with Crippen molar-refractivity contribution in [2.75, 3.05) is 19.6 Å². The molecule has 0 saturated carbocycles. The van der Waals surface area contributed by atoms with Gasteiger partial charge in [0.05, 0.1) is 13.0 Å². The first-order valence-electron chi connectivity index (χ1n) is 4.08. The predicted octanol–water partition coefficient (Wildman–Crippen LogP) is -2.39. The van der Waals surface area contributed by atoms with Crippen molar-refractivity contribution in [2.24, 2.45) is 0 Å². The van der Waals surface area contributed by atoms with Crippen LogP contribution in [0.5, 0.6) is 0 Å². The molecule has 2 saturated heterocycles. The maximum Gasteiger partial charge on any atom is 0.143 e. The molecule has 0 aromatic rings. The zero-order valence-electron chi connectivity index (χ0n) is 6.06. The number of likely N-dealkylation sites (tertiary alicyclic amines) is 1. The first-order chi connectivity index (χ1) is 4.40. The van der Waals surface area contributed by atoms with E-state index in [4.69, 9.17) is 0 Å². The van der Waals surface area contributed by atoms with E-state index >= 15 is 0 Å². The Hall–Kier alpha value is -0.0800. The van der Waals surface area contributed by atoms with Gasteiger partial charge in [0, 0.05) is 0 Å². The van der Waals surface area contributed by atoms with Crippen molar-refractivity contribution in [2.45, 2.75) is 25.4 Å². The lowest BCUT2D eigenvalue weighted by molar-refractivity contribution is -0.950. The van der Waals surface area contributed by atoms with Gasteiger partial charge in [-0.2, -0.15) is 0 Å². The number of nitrogens with one attached hydrogen (secondary N) is 1. The van der Waals surface area contributed by atoms with Gasteiger partial charge in [0.2, 0.25) is 0 Å². The summed E-state index contributed by atoms with van der Waals surface area (Å²) < 4.78 is 0. The van der Waals surface area contributed by atoms with E-state index in [1.54, 1.807) is 0 Å². The van der Waals surface area contributed by atoms with Gasteiger partial charge in [-0.05, 0) is 6.92 Å². The minimum absolute atomic E-state index is 0.991. The smallest absolute Gasteiger partial charge is 0.143 e. The number of quaternary nitrogens is 2. The van der Waals surface area contributed by atoms with Crippen LogP contribution in [0.15, 0.2) is 0 Å². The van der Waals surface area contributed by atoms with Crippen LogP contribution >= 0.6 is 0 Å². The van der Waals surface area contributed by atoms with Crippen LogP contribution in [-0.2, 0) is 0 Å². The number of hydrogen-bond acceptors (Lipinski definition) is 0. The Balaban J connectivity index is 2.01. The van der Waals surface area contributed by atoms with Crippen molar-refractivity contribution < 1.29 is 10.2 Å². The van der Waals surface area contributed by atoms with Crippen LogP contribution in [0.3, 0.4) is 0 Å². The molecule has 0 aromatic carbocycles. The van der Waals surface area contributed by atoms with Gasteiger partial charge in [-0.15, -0.1) is 0 Å². The molecule has 0 aliphatic carbocycles. The Morgan fingerprint density at radius 1 is 1.67 bits per heavy atom. The van der Waals surface area contributed by atoms with Gasteiger partial charge < -0.3 is 10.2 Å². The van der Waals surface area contributed by atoms with Crippen LogP contribution in [0.1, 0.15) is 13.3 Å². The van der Waals surface area contributed by atoms with Gasteiger partial charge in [0.15, 0.2) is 0 Å². The van der Waals surface area contributed by atoms with Crippen molar-refractivity contribution in [3.63, 3.8) is 0 Å². The molecule has 2 rings (SSSR count). The molecule has 2 aliphatic heterocycles. The summed E-state index contributed by atoms with van der Waals surface area (Å²) in [4.78, 5) is 1.85. The third kappa shape index (κ3) is 0.775. The summed E-state index contributed by atoms with van der Waals surface area (Å²) in [5.74, 6) is 0. The Morgan fingerprint density at radius 2 is 2.56 bits per heavy atom. The normalized spacial score (nSPS) is 48.3. The average molecular weight is 128 g/mol. The number of rotatable bonds is 1. The molecule has 2 heterocycles. The number of likely N-dealkylation sites (N-methyl/N-ethyl adjacent to an activating group) is 1. The van der Waals surface area contributed by atoms with Crippen molar-refractivity contribution >= 4 is 0 Å². The van der Waals surface area contributed by atoms with Crippen molar-refractivity contribution in [1.82, 2.24) is 0 Å². The molecule has 3 atom stereocenters. The van der Waals surface area contributed by atoms with E-state index in [-0.39, 0.29) is 0 Å². The second kappa shape index (κ2) is 1.96. The molecule has 0 radical (unpaired) electrons. The fourth-order valence-corrected chi connectivity index (χ4v) is 2.35. The SMILES string of the molecule is CC[NH+]1C[C@H]2C[C@@H]1C[NH2+]2. The predicted molar refractivity (Wildman–Crippen MR) is 35.4 cm³/mol. The minimum Gasteiger partial charge on any atom is -0.334 e. The van der Waals surface area contributed by atoms with Gasteiger partial charge in [-0.25, -0.2) is 0 Å². The summed E-state index contributed by atoms with van der Waals surface area (Å²) in [5, 5.41) is 2.52. The molecule has 3 N–H and O–H groups in total. The highest BCUT2D eigenvalue weighted by atomic mass is 15.3. The Morgan fingerprint density at radius 3 is 2.89 bits per heavy atom. The molecule has 0 aromatic heterocycles. The van der Waals surface area contributed by atoms with E-state index in [1.807, 2.05) is 4.90 Å². The van der Waals surface area contributed by atoms with E-state index in [1.165, 1.54) is 26.1 Å². The molecule has 2 fully saturated rings. The fourth-order valence-electron chi connectivity index (χ4n) is 2.35. The van der Waals surface area contributed by atoms with Crippen LogP contribution in [0.25, 0.3) is 0 Å². The Labute approximate surface area is 56.2 Å². The molecule has 2 heteroatoms. The highest BCUT2D eigenvalue weighted by Gasteiger charge is 2.44. The van der Waals surface area contributed by atoms with Crippen molar-refractivity contribution in [3.8, 4) is 0 Å². The highest BCUT2D eigenvalue weighted by Crippen LogP contribution is 2.00. The third-order valence-electron chi connectivity index (χ3n) is 2.90. The maximum atomic E-state index is 2.52. The van der Waals surface area contributed by atoms with E-state index in [0.717, 1.165) is 12.1 Å². The van der Waals surface area contributed by atoms with Gasteiger partial charge in [0.1, 0.15) is 25.2 Å². The van der Waals surface area contributed by atoms with E-state index in [9.17, 15) is 0 Å². The summed E-state index contributed by atoms with van der Waals surface area (Å²) in [6.07, 6.45) is 1.49. The van der Waals surface area contributed by atoms with Gasteiger partial charge in [-0.3, -0.25) is 0 Å². The summed E-state index contributed by atoms with van der Waals surface area (Å²) in [5.41, 5.74) is 0. The van der Waals surface area contributed by atoms with Gasteiger partial charge >= 0.3 is 0 Å². The topological polar surface area (TPSA) is 21.1 Å². The Kier molecular flexibility index (Phi) is 1.24. The molecular formula is C7H16N2+2. The van der Waals surface area contributed by atoms with Crippen LogP contribution in [0.2, 0.25) is 0 Å². The van der Waals surface area contributed by atoms with Crippen molar-refractivity contribution in [1.29, 1.82) is 0 Å². The summed E-state index contributed by atoms with van der Waals surface area (Å²) in [6, 6.07) is 2.00. The zero-order valence-corrected chi connectivity index (χ0v) is 6.06. The lowest BCUT2D eigenvalue weighted by Gasteiger charge is -2.19. The fraction of sp³-hybridized carbons (Fsp3) is 1.00. The maximum absolute atomic E-state index is 2.52. The first kappa shape index (κ1) is 5.69. The number of piperazine rings is 1. The third-order valence-corrected chi connectivity index (χ3v) is 2.90. The molecule has 0 spiro atoms. The van der Waals surface area contributed by atoms with Crippen LogP contribution < -0.4 is 10.2 Å². The molecule has 2 nitrogen and oxygen atoms in total. The first-order valence-corrected chi connectivity index (χ1v) is 4.08. The molecular weight excluding hydrogens is 112 g/mol. The van der Waals surface area contributed by atoms with Gasteiger partial charge in [-0.1, -0.05) is 0 Å². The molecule has 2 bridgehead atoms. The monoisotopic (exact) mass is 128 g/mol. The standard InChI is InChI=1S/C7H14N2/c1-2-9-5-6-3-7(9)4-8-6/h6-8H,2-5H2,1H3/p+2/t6-,7-/m1/s1. The average Bonchev–Trinajstić information content (AvgIpc) is 2.45. The molecule has 0 amide bonds. The quantitative estimate of drug-likeness (QED) is 0.393. The summed E-state index contributed by atoms with van der Waals surface area (Å²) in [7, 11) is 0. The zero-order chi connectivity index (χ0) is 6.27. The second-order valence-corrected chi connectivity index (χ2v) is 3.38. The van der Waals surface area contributed by atoms with Crippen molar-refractivity contribution in [3.05, 3.63) is 0 Å². The highest BCUT2D eigenvalue weighted by molar-refractivity contribution is 4.73.